The first-order valence-corrected chi connectivity index (χ1v) is 13.3. The summed E-state index contributed by atoms with van der Waals surface area (Å²) in [4.78, 5) is 30.4. The van der Waals surface area contributed by atoms with Gasteiger partial charge in [-0.3, -0.25) is 19.9 Å². The van der Waals surface area contributed by atoms with Gasteiger partial charge in [0.2, 0.25) is 6.17 Å². The molecule has 10 heteroatoms. The number of thiocarbonyl (C=S) groups is 1. The lowest BCUT2D eigenvalue weighted by molar-refractivity contribution is -0.384. The molecule has 1 aliphatic carbocycles. The van der Waals surface area contributed by atoms with Crippen molar-refractivity contribution in [1.29, 1.82) is 0 Å². The molecular weight excluding hydrogens is 514 g/mol. The molecule has 1 atom stereocenters. The maximum absolute atomic E-state index is 13.4. The molecule has 1 fully saturated rings. The second kappa shape index (κ2) is 11.6. The van der Waals surface area contributed by atoms with Crippen LogP contribution in [0.3, 0.4) is 0 Å². The smallest absolute Gasteiger partial charge is 0.272 e. The Morgan fingerprint density at radius 1 is 1.00 bits per heavy atom. The lowest BCUT2D eigenvalue weighted by Gasteiger charge is -2.25. The van der Waals surface area contributed by atoms with Gasteiger partial charge in [-0.25, -0.2) is 0 Å². The molecule has 0 spiro atoms. The van der Waals surface area contributed by atoms with Gasteiger partial charge in [-0.15, -0.1) is 0 Å². The van der Waals surface area contributed by atoms with Gasteiger partial charge in [-0.1, -0.05) is 37.5 Å². The maximum Gasteiger partial charge on any atom is 0.272 e. The molecule has 2 aliphatic rings. The van der Waals surface area contributed by atoms with Crippen LogP contribution in [0.1, 0.15) is 37.7 Å². The summed E-state index contributed by atoms with van der Waals surface area (Å²) >= 11 is 5.56. The largest absolute Gasteiger partial charge is 0.457 e. The van der Waals surface area contributed by atoms with E-state index in [1.807, 2.05) is 24.3 Å². The van der Waals surface area contributed by atoms with E-state index in [4.69, 9.17) is 21.9 Å². The highest BCUT2D eigenvalue weighted by molar-refractivity contribution is 7.80. The number of likely N-dealkylation sites (N-methyl/N-ethyl adjacent to an activating group) is 1. The Balaban J connectivity index is 1.28. The molecule has 1 heterocycles. The second-order valence-corrected chi connectivity index (χ2v) is 10.1. The Labute approximate surface area is 232 Å². The number of nitro benzene ring substituents is 1. The summed E-state index contributed by atoms with van der Waals surface area (Å²) in [5.74, 6) is 1.19. The molecule has 1 saturated carbocycles. The minimum atomic E-state index is -0.843. The summed E-state index contributed by atoms with van der Waals surface area (Å²) in [5, 5.41) is 17.3. The number of hydrogen-bond acceptors (Lipinski definition) is 6. The number of ether oxygens (including phenoxy) is 1. The van der Waals surface area contributed by atoms with Crippen LogP contribution < -0.4 is 20.3 Å². The zero-order valence-corrected chi connectivity index (χ0v) is 22.3. The third-order valence-corrected chi connectivity index (χ3v) is 7.25. The van der Waals surface area contributed by atoms with Gasteiger partial charge in [-0.2, -0.15) is 0 Å². The molecule has 1 aliphatic heterocycles. The van der Waals surface area contributed by atoms with Gasteiger partial charge in [0.15, 0.2) is 5.11 Å². The normalized spacial score (nSPS) is 17.5. The van der Waals surface area contributed by atoms with E-state index in [2.05, 4.69) is 10.6 Å². The number of benzodiazepines with no additional fused rings is 1. The number of benzene rings is 3. The number of anilines is 2. The van der Waals surface area contributed by atoms with Crippen LogP contribution >= 0.6 is 12.2 Å². The number of nitro groups is 1. The lowest BCUT2D eigenvalue weighted by atomic mass is 9.83. The number of hydrogen-bond donors (Lipinski definition) is 2. The van der Waals surface area contributed by atoms with Crippen molar-refractivity contribution in [3.05, 3.63) is 88.5 Å². The Morgan fingerprint density at radius 3 is 2.31 bits per heavy atom. The summed E-state index contributed by atoms with van der Waals surface area (Å²) in [6.45, 7) is 0. The predicted molar refractivity (Wildman–Crippen MR) is 156 cm³/mol. The number of carbonyl (C=O) groups excluding carboxylic acids is 1. The average Bonchev–Trinajstić information content (AvgIpc) is 3.05. The third-order valence-electron chi connectivity index (χ3n) is 7.03. The zero-order valence-electron chi connectivity index (χ0n) is 21.5. The van der Waals surface area contributed by atoms with Crippen LogP contribution in [0, 0.1) is 16.0 Å². The summed E-state index contributed by atoms with van der Waals surface area (Å²) in [5.41, 5.74) is 3.54. The summed E-state index contributed by atoms with van der Waals surface area (Å²) in [6.07, 6.45) is 4.85. The first kappa shape index (κ1) is 26.3. The molecular formula is C29H29N5O4S. The fourth-order valence-corrected chi connectivity index (χ4v) is 5.24. The van der Waals surface area contributed by atoms with Crippen LogP contribution in [0.5, 0.6) is 11.5 Å². The molecule has 1 amide bonds. The molecule has 3 aromatic carbocycles. The molecule has 0 radical (unpaired) electrons. The van der Waals surface area contributed by atoms with Crippen molar-refractivity contribution < 1.29 is 14.5 Å². The van der Waals surface area contributed by atoms with E-state index in [1.54, 1.807) is 48.3 Å². The highest BCUT2D eigenvalue weighted by Crippen LogP contribution is 2.33. The number of carbonyl (C=O) groups is 1. The van der Waals surface area contributed by atoms with Gasteiger partial charge in [0, 0.05) is 36.3 Å². The van der Waals surface area contributed by atoms with E-state index in [-0.39, 0.29) is 16.7 Å². The van der Waals surface area contributed by atoms with Gasteiger partial charge in [0.1, 0.15) is 11.5 Å². The topological polar surface area (TPSA) is 109 Å². The Morgan fingerprint density at radius 2 is 1.64 bits per heavy atom. The fourth-order valence-electron chi connectivity index (χ4n) is 5.01. The second-order valence-electron chi connectivity index (χ2n) is 9.64. The van der Waals surface area contributed by atoms with E-state index in [1.165, 1.54) is 18.6 Å². The van der Waals surface area contributed by atoms with Gasteiger partial charge >= 0.3 is 0 Å². The quantitative estimate of drug-likeness (QED) is 0.221. The molecule has 200 valence electrons. The maximum atomic E-state index is 13.4. The zero-order chi connectivity index (χ0) is 27.4. The standard InChI is InChI=1S/C29H29N5O4S/c1-33-25-10-6-5-9-24(25)26(19-7-3-2-4-8-19)31-27(28(33)35)32-29(39)30-20-11-15-22(16-12-20)38-23-17-13-21(14-18-23)34(36)37/h5-6,9-19,27H,2-4,7-8H2,1H3,(H2,30,32,39). The van der Waals surface area contributed by atoms with Crippen molar-refractivity contribution in [2.75, 3.05) is 17.3 Å². The van der Waals surface area contributed by atoms with Crippen molar-refractivity contribution in [3.63, 3.8) is 0 Å². The first-order valence-electron chi connectivity index (χ1n) is 12.9. The molecule has 1 unspecified atom stereocenters. The lowest BCUT2D eigenvalue weighted by Crippen LogP contribution is -2.47. The van der Waals surface area contributed by atoms with Gasteiger partial charge in [0.25, 0.3) is 11.6 Å². The van der Waals surface area contributed by atoms with Crippen molar-refractivity contribution in [3.8, 4) is 11.5 Å². The SMILES string of the molecule is CN1C(=O)C(NC(=S)Nc2ccc(Oc3ccc([N+](=O)[O-])cc3)cc2)N=C(C2CCCCC2)c2ccccc21. The van der Waals surface area contributed by atoms with Crippen LogP contribution in [0.25, 0.3) is 0 Å². The van der Waals surface area contributed by atoms with E-state index in [0.29, 0.717) is 23.1 Å². The number of aliphatic imine (C=N–C) groups is 1. The van der Waals surface area contributed by atoms with Gasteiger partial charge in [-0.05, 0) is 67.5 Å². The van der Waals surface area contributed by atoms with E-state index >= 15 is 0 Å². The van der Waals surface area contributed by atoms with Crippen LogP contribution in [-0.2, 0) is 4.79 Å². The first-order chi connectivity index (χ1) is 18.9. The number of nitrogens with one attached hydrogen (secondary N) is 2. The molecule has 9 nitrogen and oxygen atoms in total. The molecule has 0 aromatic heterocycles. The summed E-state index contributed by atoms with van der Waals surface area (Å²) in [7, 11) is 1.77. The minimum Gasteiger partial charge on any atom is -0.457 e. The number of para-hydroxylation sites is 1. The van der Waals surface area contributed by atoms with E-state index in [9.17, 15) is 14.9 Å². The molecule has 0 bridgehead atoms. The average molecular weight is 544 g/mol. The van der Waals surface area contributed by atoms with Crippen molar-refractivity contribution in [2.45, 2.75) is 38.3 Å². The number of amides is 1. The van der Waals surface area contributed by atoms with Gasteiger partial charge < -0.3 is 20.3 Å². The number of non-ortho nitro benzene ring substituents is 1. The van der Waals surface area contributed by atoms with Crippen molar-refractivity contribution >= 4 is 46.0 Å². The number of fused-ring (bicyclic) bond motifs is 1. The van der Waals surface area contributed by atoms with Gasteiger partial charge in [0.05, 0.1) is 16.3 Å². The molecule has 0 saturated heterocycles. The van der Waals surface area contributed by atoms with Crippen molar-refractivity contribution in [1.82, 2.24) is 5.32 Å². The van der Waals surface area contributed by atoms with Crippen LogP contribution in [0.15, 0.2) is 77.8 Å². The highest BCUT2D eigenvalue weighted by Gasteiger charge is 2.33. The molecule has 39 heavy (non-hydrogen) atoms. The van der Waals surface area contributed by atoms with Crippen molar-refractivity contribution in [2.24, 2.45) is 10.9 Å². The molecule has 5 rings (SSSR count). The fraction of sp³-hybridized carbons (Fsp3) is 0.276. The minimum absolute atomic E-state index is 0.000307. The van der Waals surface area contributed by atoms with E-state index < -0.39 is 11.1 Å². The predicted octanol–water partition coefficient (Wildman–Crippen LogP) is 6.05. The Bertz CT molecular complexity index is 1400. The number of rotatable bonds is 6. The molecule has 3 aromatic rings. The summed E-state index contributed by atoms with van der Waals surface area (Å²) in [6, 6.07) is 20.9. The monoisotopic (exact) mass is 543 g/mol. The van der Waals surface area contributed by atoms with Crippen LogP contribution in [0.2, 0.25) is 0 Å². The van der Waals surface area contributed by atoms with Crippen LogP contribution in [-0.4, -0.2) is 34.9 Å². The molecule has 2 N–H and O–H groups in total. The number of nitrogens with zero attached hydrogens (tertiary/aromatic N) is 3. The van der Waals surface area contributed by atoms with E-state index in [0.717, 1.165) is 42.6 Å². The third kappa shape index (κ3) is 6.06. The van der Waals surface area contributed by atoms with Crippen LogP contribution in [0.4, 0.5) is 17.1 Å². The Hall–Kier alpha value is -4.31. The highest BCUT2D eigenvalue weighted by atomic mass is 32.1. The summed E-state index contributed by atoms with van der Waals surface area (Å²) < 4.78 is 5.77. The Kier molecular flexibility index (Phi) is 7.83.